The molecule has 7 heteroatoms. The second-order valence-electron chi connectivity index (χ2n) is 5.59. The maximum absolute atomic E-state index is 12.3. The zero-order chi connectivity index (χ0) is 15.7. The first-order valence-electron chi connectivity index (χ1n) is 7.29. The Balaban J connectivity index is 1.77. The van der Waals surface area contributed by atoms with Crippen molar-refractivity contribution in [3.05, 3.63) is 42.0 Å². The smallest absolute Gasteiger partial charge is 0.244 e. The molecule has 1 atom stereocenters. The Morgan fingerprint density at radius 3 is 2.95 bits per heavy atom. The molecule has 118 valence electrons. The Hall–Kier alpha value is -1.86. The molecule has 0 saturated carbocycles. The lowest BCUT2D eigenvalue weighted by Crippen LogP contribution is -2.31. The number of phenols is 1. The van der Waals surface area contributed by atoms with Crippen LogP contribution in [0.2, 0.25) is 0 Å². The number of nitrogens with one attached hydrogen (secondary N) is 1. The van der Waals surface area contributed by atoms with E-state index < -0.39 is 10.0 Å². The van der Waals surface area contributed by atoms with Crippen LogP contribution in [0.1, 0.15) is 30.3 Å². The Morgan fingerprint density at radius 1 is 1.41 bits per heavy atom. The molecule has 0 amide bonds. The van der Waals surface area contributed by atoms with Gasteiger partial charge in [0.2, 0.25) is 10.0 Å². The van der Waals surface area contributed by atoms with Crippen LogP contribution in [-0.4, -0.2) is 29.6 Å². The highest BCUT2D eigenvalue weighted by atomic mass is 32.2. The quantitative estimate of drug-likeness (QED) is 0.898. The highest BCUT2D eigenvalue weighted by Gasteiger charge is 2.25. The van der Waals surface area contributed by atoms with Gasteiger partial charge in [0.25, 0.3) is 0 Å². The number of hydrogen-bond donors (Lipinski definition) is 2. The molecule has 0 saturated heterocycles. The van der Waals surface area contributed by atoms with Crippen LogP contribution in [0.5, 0.6) is 5.75 Å². The summed E-state index contributed by atoms with van der Waals surface area (Å²) >= 11 is 0. The lowest BCUT2D eigenvalue weighted by Gasteiger charge is -2.23. The molecule has 0 bridgehead atoms. The van der Waals surface area contributed by atoms with Crippen LogP contribution < -0.4 is 4.72 Å². The van der Waals surface area contributed by atoms with E-state index in [1.165, 1.54) is 12.1 Å². The van der Waals surface area contributed by atoms with Gasteiger partial charge in [0, 0.05) is 25.2 Å². The number of rotatable bonds is 4. The first-order valence-corrected chi connectivity index (χ1v) is 8.77. The molecule has 6 nitrogen and oxygen atoms in total. The van der Waals surface area contributed by atoms with Gasteiger partial charge in [-0.05, 0) is 31.9 Å². The van der Waals surface area contributed by atoms with Crippen LogP contribution in [0.15, 0.2) is 35.4 Å². The lowest BCUT2D eigenvalue weighted by molar-refractivity contribution is 0.436. The number of para-hydroxylation sites is 1. The third-order valence-electron chi connectivity index (χ3n) is 3.92. The highest BCUT2D eigenvalue weighted by molar-refractivity contribution is 7.89. The van der Waals surface area contributed by atoms with Gasteiger partial charge in [-0.25, -0.2) is 18.1 Å². The van der Waals surface area contributed by atoms with Crippen molar-refractivity contribution in [2.45, 2.75) is 37.1 Å². The van der Waals surface area contributed by atoms with Gasteiger partial charge in [-0.3, -0.25) is 0 Å². The van der Waals surface area contributed by atoms with Crippen molar-refractivity contribution in [1.82, 2.24) is 14.3 Å². The van der Waals surface area contributed by atoms with Gasteiger partial charge in [-0.15, -0.1) is 0 Å². The zero-order valence-electron chi connectivity index (χ0n) is 12.4. The molecule has 2 aromatic rings. The fraction of sp³-hybridized carbons (Fsp3) is 0.400. The standard InChI is InChI=1S/C15H19N3O3S/c1-11-10-18-8-4-5-12(15(18)17-11)9-16-22(20,21)14-7-3-2-6-13(14)19/h2-3,6-7,10,12,16,19H,4-5,8-9H2,1H3. The van der Waals surface area contributed by atoms with Crippen LogP contribution >= 0.6 is 0 Å². The largest absolute Gasteiger partial charge is 0.507 e. The third-order valence-corrected chi connectivity index (χ3v) is 5.39. The highest BCUT2D eigenvalue weighted by Crippen LogP contribution is 2.27. The summed E-state index contributed by atoms with van der Waals surface area (Å²) in [6.07, 6.45) is 3.91. The molecule has 2 N–H and O–H groups in total. The average Bonchev–Trinajstić information content (AvgIpc) is 2.86. The molecule has 1 aromatic heterocycles. The maximum Gasteiger partial charge on any atom is 0.244 e. The van der Waals surface area contributed by atoms with E-state index in [1.54, 1.807) is 12.1 Å². The van der Waals surface area contributed by atoms with Crippen LogP contribution in [0.4, 0.5) is 0 Å². The molecule has 1 aliphatic heterocycles. The van der Waals surface area contributed by atoms with E-state index in [1.807, 2.05) is 13.1 Å². The van der Waals surface area contributed by atoms with Crippen LogP contribution in [0.25, 0.3) is 0 Å². The predicted molar refractivity (Wildman–Crippen MR) is 82.2 cm³/mol. The number of aromatic hydroxyl groups is 1. The summed E-state index contributed by atoms with van der Waals surface area (Å²) < 4.78 is 29.3. The van der Waals surface area contributed by atoms with Gasteiger partial charge in [-0.2, -0.15) is 0 Å². The fourth-order valence-corrected chi connectivity index (χ4v) is 4.05. The van der Waals surface area contributed by atoms with E-state index in [0.29, 0.717) is 0 Å². The Bertz CT molecular complexity index is 783. The minimum atomic E-state index is -3.72. The van der Waals surface area contributed by atoms with E-state index in [0.717, 1.165) is 30.9 Å². The van der Waals surface area contributed by atoms with Gasteiger partial charge in [-0.1, -0.05) is 12.1 Å². The molecule has 0 radical (unpaired) electrons. The van der Waals surface area contributed by atoms with Crippen LogP contribution in [0.3, 0.4) is 0 Å². The number of fused-ring (bicyclic) bond motifs is 1. The molecular formula is C15H19N3O3S. The van der Waals surface area contributed by atoms with Crippen molar-refractivity contribution in [1.29, 1.82) is 0 Å². The Labute approximate surface area is 129 Å². The molecule has 0 fully saturated rings. The summed E-state index contributed by atoms with van der Waals surface area (Å²) in [6, 6.07) is 5.94. The number of hydrogen-bond acceptors (Lipinski definition) is 4. The van der Waals surface area contributed by atoms with E-state index in [9.17, 15) is 13.5 Å². The number of aromatic nitrogens is 2. The summed E-state index contributed by atoms with van der Waals surface area (Å²) in [5.74, 6) is 0.753. The number of sulfonamides is 1. The van der Waals surface area contributed by atoms with E-state index >= 15 is 0 Å². The minimum Gasteiger partial charge on any atom is -0.507 e. The number of aryl methyl sites for hydroxylation is 2. The second-order valence-corrected chi connectivity index (χ2v) is 7.33. The van der Waals surface area contributed by atoms with Gasteiger partial charge in [0.15, 0.2) is 0 Å². The first kappa shape index (κ1) is 15.1. The lowest BCUT2D eigenvalue weighted by atomic mass is 9.99. The van der Waals surface area contributed by atoms with Crippen molar-refractivity contribution >= 4 is 10.0 Å². The SMILES string of the molecule is Cc1cn2c(n1)C(CNS(=O)(=O)c1ccccc1O)CCC2. The zero-order valence-corrected chi connectivity index (χ0v) is 13.2. The van der Waals surface area contributed by atoms with Gasteiger partial charge in [0.1, 0.15) is 16.5 Å². The molecule has 3 rings (SSSR count). The summed E-state index contributed by atoms with van der Waals surface area (Å²) in [6.45, 7) is 3.15. The molecule has 1 unspecified atom stereocenters. The first-order chi connectivity index (χ1) is 10.5. The third kappa shape index (κ3) is 2.86. The second kappa shape index (κ2) is 5.73. The Kier molecular flexibility index (Phi) is 3.92. The summed E-state index contributed by atoms with van der Waals surface area (Å²) in [5.41, 5.74) is 0.950. The number of imidazole rings is 1. The van der Waals surface area contributed by atoms with Crippen molar-refractivity contribution in [2.24, 2.45) is 0 Å². The minimum absolute atomic E-state index is 0.0584. The predicted octanol–water partition coefficient (Wildman–Crippen LogP) is 1.75. The molecule has 1 aromatic carbocycles. The van der Waals surface area contributed by atoms with Crippen LogP contribution in [-0.2, 0) is 16.6 Å². The van der Waals surface area contributed by atoms with E-state index in [2.05, 4.69) is 14.3 Å². The molecule has 2 heterocycles. The van der Waals surface area contributed by atoms with Crippen molar-refractivity contribution in [2.75, 3.05) is 6.54 Å². The number of nitrogens with zero attached hydrogens (tertiary/aromatic N) is 2. The average molecular weight is 321 g/mol. The summed E-state index contributed by atoms with van der Waals surface area (Å²) in [7, 11) is -3.72. The van der Waals surface area contributed by atoms with Gasteiger partial charge >= 0.3 is 0 Å². The topological polar surface area (TPSA) is 84.2 Å². The van der Waals surface area contributed by atoms with Crippen molar-refractivity contribution in [3.63, 3.8) is 0 Å². The summed E-state index contributed by atoms with van der Waals surface area (Å²) in [4.78, 5) is 4.41. The van der Waals surface area contributed by atoms with Gasteiger partial charge < -0.3 is 9.67 Å². The van der Waals surface area contributed by atoms with Gasteiger partial charge in [0.05, 0.1) is 5.69 Å². The van der Waals surface area contributed by atoms with Crippen LogP contribution in [0, 0.1) is 6.92 Å². The number of benzene rings is 1. The molecule has 0 spiro atoms. The molecule has 22 heavy (non-hydrogen) atoms. The fourth-order valence-electron chi connectivity index (χ4n) is 2.87. The Morgan fingerprint density at radius 2 is 2.18 bits per heavy atom. The van der Waals surface area contributed by atoms with E-state index in [-0.39, 0.29) is 23.1 Å². The van der Waals surface area contributed by atoms with E-state index in [4.69, 9.17) is 0 Å². The normalized spacial score (nSPS) is 18.1. The molecule has 0 aliphatic carbocycles. The number of phenolic OH excluding ortho intramolecular Hbond substituents is 1. The molecular weight excluding hydrogens is 302 g/mol. The van der Waals surface area contributed by atoms with Crippen molar-refractivity contribution < 1.29 is 13.5 Å². The molecule has 1 aliphatic rings. The summed E-state index contributed by atoms with van der Waals surface area (Å²) in [5, 5.41) is 9.71. The monoisotopic (exact) mass is 321 g/mol. The maximum atomic E-state index is 12.3. The van der Waals surface area contributed by atoms with Crippen molar-refractivity contribution in [3.8, 4) is 5.75 Å².